The zero-order valence-electron chi connectivity index (χ0n) is 11.1. The molecule has 1 aromatic carbocycles. The molecule has 0 bridgehead atoms. The Kier molecular flexibility index (Phi) is 4.87. The molecule has 0 unspecified atom stereocenters. The average molecular weight is 312 g/mol. The Bertz CT molecular complexity index is 612. The molecule has 0 saturated carbocycles. The highest BCUT2D eigenvalue weighted by molar-refractivity contribution is 7.16. The van der Waals surface area contributed by atoms with Gasteiger partial charge in [0.25, 0.3) is 0 Å². The number of nitrogens with one attached hydrogen (secondary N) is 1. The fraction of sp³-hybridized carbons (Fsp3) is 0.214. The number of hydrogen-bond acceptors (Lipinski definition) is 4. The number of halogens is 1. The molecule has 1 N–H and O–H groups in total. The van der Waals surface area contributed by atoms with Crippen LogP contribution in [0.15, 0.2) is 30.3 Å². The number of carbonyl (C=O) groups excluding carboxylic acids is 1. The molecule has 106 valence electrons. The Hall–Kier alpha value is -1.72. The molecule has 4 nitrogen and oxygen atoms in total. The van der Waals surface area contributed by atoms with Gasteiger partial charge in [-0.15, -0.1) is 11.3 Å². The third-order valence-corrected chi connectivity index (χ3v) is 3.88. The molecule has 0 atom stereocenters. The molecule has 0 aliphatic carbocycles. The van der Waals surface area contributed by atoms with Crippen LogP contribution < -0.4 is 14.8 Å². The Balaban J connectivity index is 2.07. The summed E-state index contributed by atoms with van der Waals surface area (Å²) in [6.07, 6.45) is 0.284. The lowest BCUT2D eigenvalue weighted by Crippen LogP contribution is -2.14. The smallest absolute Gasteiger partial charge is 0.229 e. The minimum atomic E-state index is -0.119. The number of carbonyl (C=O) groups is 1. The van der Waals surface area contributed by atoms with Gasteiger partial charge in [0.05, 0.1) is 30.7 Å². The normalized spacial score (nSPS) is 10.2. The molecule has 0 aliphatic rings. The van der Waals surface area contributed by atoms with Crippen molar-refractivity contribution in [2.45, 2.75) is 6.42 Å². The third kappa shape index (κ3) is 3.65. The molecule has 0 fully saturated rings. The van der Waals surface area contributed by atoms with Gasteiger partial charge in [-0.1, -0.05) is 11.6 Å². The fourth-order valence-corrected chi connectivity index (χ4v) is 2.79. The van der Waals surface area contributed by atoms with Gasteiger partial charge in [-0.3, -0.25) is 4.79 Å². The maximum absolute atomic E-state index is 12.0. The van der Waals surface area contributed by atoms with Crippen LogP contribution in [0.1, 0.15) is 4.88 Å². The van der Waals surface area contributed by atoms with Crippen LogP contribution in [0.5, 0.6) is 11.5 Å². The van der Waals surface area contributed by atoms with E-state index in [1.54, 1.807) is 38.5 Å². The van der Waals surface area contributed by atoms with Crippen LogP contribution in [0.25, 0.3) is 0 Å². The van der Waals surface area contributed by atoms with Gasteiger partial charge in [-0.2, -0.15) is 0 Å². The number of amides is 1. The van der Waals surface area contributed by atoms with E-state index in [9.17, 15) is 4.79 Å². The van der Waals surface area contributed by atoms with Crippen LogP contribution in [0, 0.1) is 0 Å². The van der Waals surface area contributed by atoms with E-state index in [2.05, 4.69) is 5.32 Å². The number of hydrogen-bond donors (Lipinski definition) is 1. The molecule has 6 heteroatoms. The first-order valence-electron chi connectivity index (χ1n) is 5.88. The summed E-state index contributed by atoms with van der Waals surface area (Å²) >= 11 is 7.23. The van der Waals surface area contributed by atoms with Crippen LogP contribution in [0.3, 0.4) is 0 Å². The van der Waals surface area contributed by atoms with Gasteiger partial charge in [0.15, 0.2) is 0 Å². The van der Waals surface area contributed by atoms with Gasteiger partial charge < -0.3 is 14.8 Å². The van der Waals surface area contributed by atoms with Gasteiger partial charge in [-0.25, -0.2) is 0 Å². The van der Waals surface area contributed by atoms with Crippen molar-refractivity contribution >= 4 is 34.5 Å². The summed E-state index contributed by atoms with van der Waals surface area (Å²) in [5, 5.41) is 2.81. The monoisotopic (exact) mass is 311 g/mol. The molecular formula is C14H14ClNO3S. The van der Waals surface area contributed by atoms with Gasteiger partial charge in [0.1, 0.15) is 11.5 Å². The largest absolute Gasteiger partial charge is 0.497 e. The molecule has 1 amide bonds. The number of rotatable bonds is 5. The van der Waals surface area contributed by atoms with Crippen LogP contribution in [0.2, 0.25) is 4.34 Å². The molecule has 0 aliphatic heterocycles. The SMILES string of the molecule is COc1ccc(NC(=O)Cc2ccc(Cl)s2)c(OC)c1. The van der Waals surface area contributed by atoms with Crippen molar-refractivity contribution in [2.75, 3.05) is 19.5 Å². The van der Waals surface area contributed by atoms with Gasteiger partial charge >= 0.3 is 0 Å². The van der Waals surface area contributed by atoms with Crippen LogP contribution >= 0.6 is 22.9 Å². The Morgan fingerprint density at radius 3 is 2.65 bits per heavy atom. The molecule has 0 saturated heterocycles. The van der Waals surface area contributed by atoms with E-state index in [1.165, 1.54) is 11.3 Å². The highest BCUT2D eigenvalue weighted by Gasteiger charge is 2.10. The predicted octanol–water partition coefficient (Wildman–Crippen LogP) is 3.60. The number of thiophene rings is 1. The first-order valence-corrected chi connectivity index (χ1v) is 7.08. The molecule has 1 heterocycles. The van der Waals surface area contributed by atoms with Crippen molar-refractivity contribution in [1.29, 1.82) is 0 Å². The van der Waals surface area contributed by atoms with E-state index in [4.69, 9.17) is 21.1 Å². The van der Waals surface area contributed by atoms with Crippen molar-refractivity contribution in [3.8, 4) is 11.5 Å². The first-order chi connectivity index (χ1) is 9.62. The number of anilines is 1. The van der Waals surface area contributed by atoms with Crippen LogP contribution in [-0.2, 0) is 11.2 Å². The van der Waals surface area contributed by atoms with E-state index in [1.807, 2.05) is 6.07 Å². The molecule has 20 heavy (non-hydrogen) atoms. The van der Waals surface area contributed by atoms with E-state index in [0.717, 1.165) is 4.88 Å². The van der Waals surface area contributed by atoms with Gasteiger partial charge in [0, 0.05) is 10.9 Å². The predicted molar refractivity (Wildman–Crippen MR) is 81.2 cm³/mol. The summed E-state index contributed by atoms with van der Waals surface area (Å²) in [6, 6.07) is 8.86. The minimum Gasteiger partial charge on any atom is -0.497 e. The van der Waals surface area contributed by atoms with Gasteiger partial charge in [-0.05, 0) is 24.3 Å². The maximum atomic E-state index is 12.0. The second kappa shape index (κ2) is 6.63. The van der Waals surface area contributed by atoms with Crippen molar-refractivity contribution in [3.05, 3.63) is 39.5 Å². The van der Waals surface area contributed by atoms with Crippen molar-refractivity contribution in [2.24, 2.45) is 0 Å². The van der Waals surface area contributed by atoms with E-state index in [0.29, 0.717) is 21.5 Å². The molecular weight excluding hydrogens is 298 g/mol. The van der Waals surface area contributed by atoms with Crippen molar-refractivity contribution in [1.82, 2.24) is 0 Å². The summed E-state index contributed by atoms with van der Waals surface area (Å²) in [5.74, 6) is 1.11. The minimum absolute atomic E-state index is 0.119. The summed E-state index contributed by atoms with van der Waals surface area (Å²) < 4.78 is 11.0. The summed E-state index contributed by atoms with van der Waals surface area (Å²) in [7, 11) is 3.12. The quantitative estimate of drug-likeness (QED) is 0.917. The Labute approximate surface area is 126 Å². The molecule has 1 aromatic heterocycles. The zero-order valence-corrected chi connectivity index (χ0v) is 12.7. The Morgan fingerprint density at radius 1 is 1.25 bits per heavy atom. The standard InChI is InChI=1S/C14H14ClNO3S/c1-18-9-3-5-11(12(7-9)19-2)16-14(17)8-10-4-6-13(15)20-10/h3-7H,8H2,1-2H3,(H,16,17). The second-order valence-corrected chi connectivity index (χ2v) is 5.80. The van der Waals surface area contributed by atoms with Gasteiger partial charge in [0.2, 0.25) is 5.91 Å². The lowest BCUT2D eigenvalue weighted by Gasteiger charge is -2.11. The highest BCUT2D eigenvalue weighted by atomic mass is 35.5. The van der Waals surface area contributed by atoms with Crippen molar-refractivity contribution in [3.63, 3.8) is 0 Å². The Morgan fingerprint density at radius 2 is 2.05 bits per heavy atom. The van der Waals surface area contributed by atoms with Crippen LogP contribution in [-0.4, -0.2) is 20.1 Å². The topological polar surface area (TPSA) is 47.6 Å². The lowest BCUT2D eigenvalue weighted by molar-refractivity contribution is -0.115. The lowest BCUT2D eigenvalue weighted by atomic mass is 10.2. The molecule has 0 spiro atoms. The number of ether oxygens (including phenoxy) is 2. The highest BCUT2D eigenvalue weighted by Crippen LogP contribution is 2.29. The molecule has 2 rings (SSSR count). The first kappa shape index (κ1) is 14.7. The maximum Gasteiger partial charge on any atom is 0.229 e. The van der Waals surface area contributed by atoms with Crippen molar-refractivity contribution < 1.29 is 14.3 Å². The third-order valence-electron chi connectivity index (χ3n) is 2.65. The zero-order chi connectivity index (χ0) is 14.5. The fourth-order valence-electron chi connectivity index (χ4n) is 1.70. The summed E-state index contributed by atoms with van der Waals surface area (Å²) in [5.41, 5.74) is 0.612. The van der Waals surface area contributed by atoms with E-state index in [-0.39, 0.29) is 12.3 Å². The average Bonchev–Trinajstić information content (AvgIpc) is 2.84. The van der Waals surface area contributed by atoms with E-state index < -0.39 is 0 Å². The summed E-state index contributed by atoms with van der Waals surface area (Å²) in [6.45, 7) is 0. The van der Waals surface area contributed by atoms with E-state index >= 15 is 0 Å². The number of benzene rings is 1. The molecule has 2 aromatic rings. The molecule has 0 radical (unpaired) electrons. The summed E-state index contributed by atoms with van der Waals surface area (Å²) in [4.78, 5) is 12.9. The van der Waals surface area contributed by atoms with Crippen LogP contribution in [0.4, 0.5) is 5.69 Å². The number of methoxy groups -OCH3 is 2. The second-order valence-electron chi connectivity index (χ2n) is 4.00.